The van der Waals surface area contributed by atoms with Crippen molar-refractivity contribution in [3.05, 3.63) is 46.8 Å². The van der Waals surface area contributed by atoms with Crippen LogP contribution in [0.15, 0.2) is 24.3 Å². The SMILES string of the molecule is CCn1nc(C)cc1C(=O)Nc1cc(C(N)=O)ccc1C. The van der Waals surface area contributed by atoms with Gasteiger partial charge in [0.2, 0.25) is 5.91 Å². The van der Waals surface area contributed by atoms with Crippen molar-refractivity contribution in [2.24, 2.45) is 5.73 Å². The van der Waals surface area contributed by atoms with Gasteiger partial charge >= 0.3 is 0 Å². The van der Waals surface area contributed by atoms with Crippen LogP contribution in [0.25, 0.3) is 0 Å². The van der Waals surface area contributed by atoms with Crippen LogP contribution in [0, 0.1) is 13.8 Å². The maximum absolute atomic E-state index is 12.4. The third kappa shape index (κ3) is 3.10. The fraction of sp³-hybridized carbons (Fsp3) is 0.267. The molecule has 0 unspecified atom stereocenters. The molecule has 1 aromatic heterocycles. The standard InChI is InChI=1S/C15H18N4O2/c1-4-19-13(7-10(3)18-19)15(21)17-12-8-11(14(16)20)6-5-9(12)2/h5-8H,4H2,1-3H3,(H2,16,20)(H,17,21). The molecule has 21 heavy (non-hydrogen) atoms. The number of anilines is 1. The highest BCUT2D eigenvalue weighted by Gasteiger charge is 2.15. The van der Waals surface area contributed by atoms with Gasteiger partial charge in [-0.3, -0.25) is 14.3 Å². The molecule has 0 radical (unpaired) electrons. The highest BCUT2D eigenvalue weighted by Crippen LogP contribution is 2.18. The van der Waals surface area contributed by atoms with Gasteiger partial charge < -0.3 is 11.1 Å². The summed E-state index contributed by atoms with van der Waals surface area (Å²) in [5.41, 5.74) is 8.30. The molecule has 0 saturated heterocycles. The molecule has 0 bridgehead atoms. The van der Waals surface area contributed by atoms with E-state index >= 15 is 0 Å². The molecule has 6 heteroatoms. The molecule has 3 N–H and O–H groups in total. The summed E-state index contributed by atoms with van der Waals surface area (Å²) >= 11 is 0. The molecular formula is C15H18N4O2. The van der Waals surface area contributed by atoms with Crippen molar-refractivity contribution < 1.29 is 9.59 Å². The lowest BCUT2D eigenvalue weighted by molar-refractivity contribution is 0.0994. The zero-order valence-electron chi connectivity index (χ0n) is 12.3. The zero-order chi connectivity index (χ0) is 15.6. The highest BCUT2D eigenvalue weighted by molar-refractivity contribution is 6.04. The van der Waals surface area contributed by atoms with Crippen LogP contribution in [-0.4, -0.2) is 21.6 Å². The van der Waals surface area contributed by atoms with Gasteiger partial charge in [0.05, 0.1) is 5.69 Å². The van der Waals surface area contributed by atoms with E-state index in [9.17, 15) is 9.59 Å². The number of benzene rings is 1. The second-order valence-electron chi connectivity index (χ2n) is 4.83. The summed E-state index contributed by atoms with van der Waals surface area (Å²) in [4.78, 5) is 23.6. The normalized spacial score (nSPS) is 10.4. The van der Waals surface area contributed by atoms with Gasteiger partial charge in [0, 0.05) is 17.8 Å². The largest absolute Gasteiger partial charge is 0.366 e. The number of rotatable bonds is 4. The third-order valence-corrected chi connectivity index (χ3v) is 3.20. The summed E-state index contributed by atoms with van der Waals surface area (Å²) in [6.45, 7) is 6.21. The molecule has 6 nitrogen and oxygen atoms in total. The summed E-state index contributed by atoms with van der Waals surface area (Å²) < 4.78 is 1.64. The Morgan fingerprint density at radius 1 is 1.29 bits per heavy atom. The summed E-state index contributed by atoms with van der Waals surface area (Å²) in [7, 11) is 0. The molecule has 1 heterocycles. The van der Waals surface area contributed by atoms with E-state index in [0.717, 1.165) is 11.3 Å². The summed E-state index contributed by atoms with van der Waals surface area (Å²) in [5.74, 6) is -0.790. The van der Waals surface area contributed by atoms with E-state index in [4.69, 9.17) is 5.73 Å². The Hall–Kier alpha value is -2.63. The number of amides is 2. The number of nitrogens with two attached hydrogens (primary N) is 1. The quantitative estimate of drug-likeness (QED) is 0.899. The van der Waals surface area contributed by atoms with Gasteiger partial charge in [0.25, 0.3) is 5.91 Å². The number of carbonyl (C=O) groups is 2. The molecule has 0 aliphatic heterocycles. The monoisotopic (exact) mass is 286 g/mol. The number of hydrogen-bond donors (Lipinski definition) is 2. The van der Waals surface area contributed by atoms with Crippen molar-refractivity contribution >= 4 is 17.5 Å². The van der Waals surface area contributed by atoms with Crippen LogP contribution in [0.1, 0.15) is 39.0 Å². The topological polar surface area (TPSA) is 90.0 Å². The van der Waals surface area contributed by atoms with Gasteiger partial charge in [-0.25, -0.2) is 0 Å². The number of nitrogens with one attached hydrogen (secondary N) is 1. The fourth-order valence-electron chi connectivity index (χ4n) is 2.07. The number of carbonyl (C=O) groups excluding carboxylic acids is 2. The van der Waals surface area contributed by atoms with Crippen molar-refractivity contribution in [3.8, 4) is 0 Å². The van der Waals surface area contributed by atoms with Crippen LogP contribution in [0.3, 0.4) is 0 Å². The van der Waals surface area contributed by atoms with Gasteiger partial charge in [0.1, 0.15) is 5.69 Å². The average molecular weight is 286 g/mol. The lowest BCUT2D eigenvalue weighted by Gasteiger charge is -2.10. The van der Waals surface area contributed by atoms with Gasteiger partial charge in [-0.2, -0.15) is 5.10 Å². The second kappa shape index (κ2) is 5.78. The number of primary amides is 1. The van der Waals surface area contributed by atoms with Crippen LogP contribution in [0.4, 0.5) is 5.69 Å². The Bertz CT molecular complexity index is 704. The van der Waals surface area contributed by atoms with Crippen LogP contribution in [-0.2, 0) is 6.54 Å². The minimum Gasteiger partial charge on any atom is -0.366 e. The fourth-order valence-corrected chi connectivity index (χ4v) is 2.07. The van der Waals surface area contributed by atoms with E-state index in [1.165, 1.54) is 0 Å². The molecule has 2 aromatic rings. The minimum atomic E-state index is -0.528. The van der Waals surface area contributed by atoms with Gasteiger partial charge in [-0.05, 0) is 44.5 Å². The van der Waals surface area contributed by atoms with E-state index in [1.807, 2.05) is 20.8 Å². The molecule has 1 aromatic carbocycles. The predicted octanol–water partition coefficient (Wildman–Crippen LogP) is 1.87. The number of aryl methyl sites for hydroxylation is 3. The van der Waals surface area contributed by atoms with Crippen molar-refractivity contribution in [1.82, 2.24) is 9.78 Å². The van der Waals surface area contributed by atoms with E-state index in [2.05, 4.69) is 10.4 Å². The van der Waals surface area contributed by atoms with E-state index in [0.29, 0.717) is 23.5 Å². The third-order valence-electron chi connectivity index (χ3n) is 3.20. The first kappa shape index (κ1) is 14.8. The Balaban J connectivity index is 2.31. The lowest BCUT2D eigenvalue weighted by Crippen LogP contribution is -2.18. The Morgan fingerprint density at radius 3 is 2.62 bits per heavy atom. The molecule has 2 amide bonds. The first-order valence-electron chi connectivity index (χ1n) is 6.68. The molecule has 0 fully saturated rings. The zero-order valence-corrected chi connectivity index (χ0v) is 12.3. The first-order chi connectivity index (χ1) is 9.92. The number of nitrogens with zero attached hydrogens (tertiary/aromatic N) is 2. The van der Waals surface area contributed by atoms with E-state index in [-0.39, 0.29) is 5.91 Å². The molecular weight excluding hydrogens is 268 g/mol. The first-order valence-corrected chi connectivity index (χ1v) is 6.68. The maximum atomic E-state index is 12.4. The lowest BCUT2D eigenvalue weighted by atomic mass is 10.1. The van der Waals surface area contributed by atoms with Crippen molar-refractivity contribution in [1.29, 1.82) is 0 Å². The molecule has 0 atom stereocenters. The average Bonchev–Trinajstić information content (AvgIpc) is 2.82. The Morgan fingerprint density at radius 2 is 2.00 bits per heavy atom. The summed E-state index contributed by atoms with van der Waals surface area (Å²) in [6.07, 6.45) is 0. The molecule has 2 rings (SSSR count). The van der Waals surface area contributed by atoms with E-state index < -0.39 is 5.91 Å². The minimum absolute atomic E-state index is 0.262. The summed E-state index contributed by atoms with van der Waals surface area (Å²) in [5, 5.41) is 7.04. The second-order valence-corrected chi connectivity index (χ2v) is 4.83. The molecule has 0 aliphatic carbocycles. The van der Waals surface area contributed by atoms with Crippen LogP contribution in [0.2, 0.25) is 0 Å². The van der Waals surface area contributed by atoms with Gasteiger partial charge in [-0.1, -0.05) is 6.07 Å². The van der Waals surface area contributed by atoms with Crippen LogP contribution < -0.4 is 11.1 Å². The number of hydrogen-bond acceptors (Lipinski definition) is 3. The smallest absolute Gasteiger partial charge is 0.273 e. The molecule has 110 valence electrons. The van der Waals surface area contributed by atoms with Gasteiger partial charge in [-0.15, -0.1) is 0 Å². The van der Waals surface area contributed by atoms with Crippen LogP contribution >= 0.6 is 0 Å². The van der Waals surface area contributed by atoms with Crippen LogP contribution in [0.5, 0.6) is 0 Å². The molecule has 0 saturated carbocycles. The Kier molecular flexibility index (Phi) is 4.07. The highest BCUT2D eigenvalue weighted by atomic mass is 16.2. The van der Waals surface area contributed by atoms with E-state index in [1.54, 1.807) is 28.9 Å². The molecule has 0 spiro atoms. The van der Waals surface area contributed by atoms with Gasteiger partial charge in [0.15, 0.2) is 0 Å². The summed E-state index contributed by atoms with van der Waals surface area (Å²) in [6, 6.07) is 6.69. The molecule has 0 aliphatic rings. The number of aromatic nitrogens is 2. The Labute approximate surface area is 122 Å². The van der Waals surface area contributed by atoms with Crippen molar-refractivity contribution in [2.75, 3.05) is 5.32 Å². The maximum Gasteiger partial charge on any atom is 0.273 e. The van der Waals surface area contributed by atoms with Crippen molar-refractivity contribution in [3.63, 3.8) is 0 Å². The van der Waals surface area contributed by atoms with Crippen molar-refractivity contribution in [2.45, 2.75) is 27.3 Å². The predicted molar refractivity (Wildman–Crippen MR) is 80.3 cm³/mol.